The van der Waals surface area contributed by atoms with Crippen LogP contribution in [0.5, 0.6) is 0 Å². The molecule has 1 spiro atoms. The number of halogens is 2. The number of fused-ring (bicyclic) bond motifs is 7. The molecule has 2 aromatic carbocycles. The first kappa shape index (κ1) is 18.0. The van der Waals surface area contributed by atoms with Crippen LogP contribution in [0.25, 0.3) is 0 Å². The molecular formula is C22H17ClFN3O3. The number of imide groups is 1. The van der Waals surface area contributed by atoms with E-state index in [1.54, 1.807) is 24.3 Å². The van der Waals surface area contributed by atoms with Gasteiger partial charge in [-0.3, -0.25) is 19.3 Å². The molecule has 3 fully saturated rings. The Morgan fingerprint density at radius 3 is 2.67 bits per heavy atom. The van der Waals surface area contributed by atoms with Crippen molar-refractivity contribution in [2.75, 3.05) is 16.8 Å². The molecule has 152 valence electrons. The maximum atomic E-state index is 14.5. The number of hydrogen-bond acceptors (Lipinski definition) is 4. The molecule has 4 aliphatic rings. The summed E-state index contributed by atoms with van der Waals surface area (Å²) in [5, 5.41) is 3.24. The Kier molecular flexibility index (Phi) is 3.54. The fraction of sp³-hybridized carbons (Fsp3) is 0.318. The minimum atomic E-state index is -1.31. The summed E-state index contributed by atoms with van der Waals surface area (Å²) in [5.41, 5.74) is -0.263. The second-order valence-corrected chi connectivity index (χ2v) is 8.66. The number of para-hydroxylation sites is 2. The molecule has 4 heterocycles. The SMILES string of the molecule is O=C1[C@@H]2[C@@H]3CCCN3[C@@]3(C(=O)Nc4c(Cl)cccc43)[C@H]2C(=O)N1c1ccccc1F. The molecule has 0 saturated carbocycles. The van der Waals surface area contributed by atoms with Crippen molar-refractivity contribution in [2.45, 2.75) is 24.4 Å². The second-order valence-electron chi connectivity index (χ2n) is 8.25. The van der Waals surface area contributed by atoms with E-state index in [2.05, 4.69) is 5.32 Å². The van der Waals surface area contributed by atoms with Crippen molar-refractivity contribution in [1.29, 1.82) is 0 Å². The number of rotatable bonds is 1. The zero-order chi connectivity index (χ0) is 20.8. The molecule has 1 N–H and O–H groups in total. The molecule has 0 bridgehead atoms. The van der Waals surface area contributed by atoms with Crippen molar-refractivity contribution < 1.29 is 18.8 Å². The van der Waals surface area contributed by atoms with Gasteiger partial charge in [0.05, 0.1) is 28.2 Å². The van der Waals surface area contributed by atoms with E-state index in [1.165, 1.54) is 18.2 Å². The number of hydrogen-bond donors (Lipinski definition) is 1. The molecule has 0 aliphatic carbocycles. The summed E-state index contributed by atoms with van der Waals surface area (Å²) in [6.07, 6.45) is 1.52. The van der Waals surface area contributed by atoms with E-state index >= 15 is 0 Å². The largest absolute Gasteiger partial charge is 0.323 e. The van der Waals surface area contributed by atoms with E-state index in [1.807, 2.05) is 4.90 Å². The van der Waals surface area contributed by atoms with Gasteiger partial charge >= 0.3 is 0 Å². The van der Waals surface area contributed by atoms with Crippen LogP contribution in [0.3, 0.4) is 0 Å². The van der Waals surface area contributed by atoms with Gasteiger partial charge in [0.1, 0.15) is 11.4 Å². The molecule has 2 aromatic rings. The van der Waals surface area contributed by atoms with Crippen LogP contribution in [0.2, 0.25) is 5.02 Å². The molecule has 30 heavy (non-hydrogen) atoms. The van der Waals surface area contributed by atoms with Crippen LogP contribution in [-0.4, -0.2) is 35.2 Å². The summed E-state index contributed by atoms with van der Waals surface area (Å²) in [5.74, 6) is -3.58. The molecule has 6 nitrogen and oxygen atoms in total. The Bertz CT molecular complexity index is 1150. The molecule has 3 amide bonds. The van der Waals surface area contributed by atoms with Gasteiger partial charge in [-0.25, -0.2) is 9.29 Å². The molecule has 6 rings (SSSR count). The van der Waals surface area contributed by atoms with Gasteiger partial charge in [-0.2, -0.15) is 0 Å². The van der Waals surface area contributed by atoms with Crippen LogP contribution in [0.15, 0.2) is 42.5 Å². The Morgan fingerprint density at radius 2 is 1.87 bits per heavy atom. The van der Waals surface area contributed by atoms with Crippen molar-refractivity contribution >= 4 is 40.7 Å². The lowest BCUT2D eigenvalue weighted by molar-refractivity contribution is -0.135. The molecule has 0 aromatic heterocycles. The summed E-state index contributed by atoms with van der Waals surface area (Å²) < 4.78 is 14.5. The van der Waals surface area contributed by atoms with Gasteiger partial charge in [0.25, 0.3) is 5.91 Å². The third-order valence-corrected chi connectivity index (χ3v) is 7.39. The summed E-state index contributed by atoms with van der Waals surface area (Å²) in [4.78, 5) is 43.6. The fourth-order valence-electron chi connectivity index (χ4n) is 6.06. The Hall–Kier alpha value is -2.77. The molecule has 4 atom stereocenters. The zero-order valence-electron chi connectivity index (χ0n) is 15.8. The third kappa shape index (κ3) is 1.90. The maximum absolute atomic E-state index is 14.5. The minimum Gasteiger partial charge on any atom is -0.323 e. The summed E-state index contributed by atoms with van der Waals surface area (Å²) in [7, 11) is 0. The predicted molar refractivity (Wildman–Crippen MR) is 107 cm³/mol. The number of anilines is 2. The van der Waals surface area contributed by atoms with Gasteiger partial charge < -0.3 is 5.32 Å². The normalized spacial score (nSPS) is 32.0. The number of amides is 3. The lowest BCUT2D eigenvalue weighted by Crippen LogP contribution is -2.54. The molecule has 4 aliphatic heterocycles. The standard InChI is InChI=1S/C22H17ClFN3O3/c23-12-6-3-5-11-18(12)25-21(30)22(11)17-16(15-9-4-10-26(15)22)19(28)27(20(17)29)14-8-2-1-7-13(14)24/h1-3,5-8,15-17H,4,9-10H2,(H,25,30)/t15-,16+,17+,22+/m0/s1. The first-order valence-corrected chi connectivity index (χ1v) is 10.3. The van der Waals surface area contributed by atoms with Gasteiger partial charge in [-0.15, -0.1) is 0 Å². The van der Waals surface area contributed by atoms with E-state index in [4.69, 9.17) is 11.6 Å². The van der Waals surface area contributed by atoms with Crippen LogP contribution < -0.4 is 10.2 Å². The highest BCUT2D eigenvalue weighted by atomic mass is 35.5. The summed E-state index contributed by atoms with van der Waals surface area (Å²) in [6, 6.07) is 10.7. The Morgan fingerprint density at radius 1 is 1.07 bits per heavy atom. The van der Waals surface area contributed by atoms with E-state index in [9.17, 15) is 18.8 Å². The first-order valence-electron chi connectivity index (χ1n) is 9.97. The second kappa shape index (κ2) is 5.89. The molecular weight excluding hydrogens is 409 g/mol. The van der Waals surface area contributed by atoms with Crippen molar-refractivity contribution in [2.24, 2.45) is 11.8 Å². The maximum Gasteiger partial charge on any atom is 0.250 e. The predicted octanol–water partition coefficient (Wildman–Crippen LogP) is 2.91. The fourth-order valence-corrected chi connectivity index (χ4v) is 6.29. The van der Waals surface area contributed by atoms with Crippen LogP contribution >= 0.6 is 11.6 Å². The highest BCUT2D eigenvalue weighted by Gasteiger charge is 2.74. The van der Waals surface area contributed by atoms with Crippen LogP contribution in [-0.2, 0) is 19.9 Å². The monoisotopic (exact) mass is 425 g/mol. The smallest absolute Gasteiger partial charge is 0.250 e. The summed E-state index contributed by atoms with van der Waals surface area (Å²) >= 11 is 6.35. The average Bonchev–Trinajstić information content (AvgIpc) is 3.42. The zero-order valence-corrected chi connectivity index (χ0v) is 16.5. The molecule has 0 unspecified atom stereocenters. The van der Waals surface area contributed by atoms with Crippen LogP contribution in [0.1, 0.15) is 18.4 Å². The molecule has 3 saturated heterocycles. The number of nitrogens with one attached hydrogen (secondary N) is 1. The number of nitrogens with zero attached hydrogens (tertiary/aromatic N) is 2. The number of benzene rings is 2. The topological polar surface area (TPSA) is 69.7 Å². The lowest BCUT2D eigenvalue weighted by Gasteiger charge is -2.36. The quantitative estimate of drug-likeness (QED) is 0.713. The average molecular weight is 426 g/mol. The Balaban J connectivity index is 1.59. The van der Waals surface area contributed by atoms with E-state index < -0.39 is 35.0 Å². The highest BCUT2D eigenvalue weighted by molar-refractivity contribution is 6.35. The number of carbonyl (C=O) groups excluding carboxylic acids is 3. The van der Waals surface area contributed by atoms with Gasteiger partial charge in [0.2, 0.25) is 11.8 Å². The van der Waals surface area contributed by atoms with Crippen molar-refractivity contribution in [1.82, 2.24) is 4.90 Å². The van der Waals surface area contributed by atoms with E-state index in [0.717, 1.165) is 11.3 Å². The van der Waals surface area contributed by atoms with Crippen molar-refractivity contribution in [3.05, 3.63) is 58.9 Å². The van der Waals surface area contributed by atoms with Gasteiger partial charge in [0, 0.05) is 11.6 Å². The van der Waals surface area contributed by atoms with E-state index in [0.29, 0.717) is 29.2 Å². The van der Waals surface area contributed by atoms with Crippen molar-refractivity contribution in [3.8, 4) is 0 Å². The molecule has 0 radical (unpaired) electrons. The highest BCUT2D eigenvalue weighted by Crippen LogP contribution is 2.61. The number of carbonyl (C=O) groups is 3. The van der Waals surface area contributed by atoms with Crippen LogP contribution in [0.4, 0.5) is 15.8 Å². The Labute approximate surface area is 176 Å². The lowest BCUT2D eigenvalue weighted by atomic mass is 9.75. The summed E-state index contributed by atoms with van der Waals surface area (Å²) in [6.45, 7) is 0.608. The third-order valence-electron chi connectivity index (χ3n) is 7.07. The van der Waals surface area contributed by atoms with Crippen LogP contribution in [0, 0.1) is 17.7 Å². The molecule has 8 heteroatoms. The van der Waals surface area contributed by atoms with Gasteiger partial charge in [-0.1, -0.05) is 35.9 Å². The van der Waals surface area contributed by atoms with Gasteiger partial charge in [-0.05, 0) is 37.6 Å². The first-order chi connectivity index (χ1) is 14.5. The van der Waals surface area contributed by atoms with Crippen molar-refractivity contribution in [3.63, 3.8) is 0 Å². The van der Waals surface area contributed by atoms with E-state index in [-0.39, 0.29) is 17.6 Å². The minimum absolute atomic E-state index is 0.0636. The van der Waals surface area contributed by atoms with Gasteiger partial charge in [0.15, 0.2) is 0 Å².